The van der Waals surface area contributed by atoms with E-state index in [9.17, 15) is 4.79 Å². The molecule has 3 heterocycles. The monoisotopic (exact) mass is 212 g/mol. The third-order valence-electron chi connectivity index (χ3n) is 3.40. The summed E-state index contributed by atoms with van der Waals surface area (Å²) in [5.74, 6) is 0.476. The molecule has 4 heteroatoms. The van der Waals surface area contributed by atoms with Crippen LogP contribution in [0.3, 0.4) is 0 Å². The zero-order valence-corrected chi connectivity index (χ0v) is 9.69. The summed E-state index contributed by atoms with van der Waals surface area (Å²) in [7, 11) is 0. The molecule has 0 aromatic carbocycles. The lowest BCUT2D eigenvalue weighted by Crippen LogP contribution is -2.61. The van der Waals surface area contributed by atoms with Gasteiger partial charge in [0.1, 0.15) is 0 Å². The molecule has 3 aliphatic rings. The van der Waals surface area contributed by atoms with Gasteiger partial charge in [-0.1, -0.05) is 13.8 Å². The van der Waals surface area contributed by atoms with Gasteiger partial charge in [-0.05, 0) is 12.8 Å². The number of amides is 2. The Balaban J connectivity index is 1.81. The van der Waals surface area contributed by atoms with Crippen LogP contribution in [-0.4, -0.2) is 42.3 Å². The summed E-state index contributed by atoms with van der Waals surface area (Å²) < 4.78 is 5.49. The van der Waals surface area contributed by atoms with E-state index in [-0.39, 0.29) is 12.1 Å². The zero-order valence-electron chi connectivity index (χ0n) is 9.69. The second-order valence-electron chi connectivity index (χ2n) is 5.00. The van der Waals surface area contributed by atoms with E-state index in [4.69, 9.17) is 4.74 Å². The first-order chi connectivity index (χ1) is 7.06. The molecule has 2 bridgehead atoms. The van der Waals surface area contributed by atoms with E-state index in [2.05, 4.69) is 19.2 Å². The Morgan fingerprint density at radius 1 is 1.33 bits per heavy atom. The van der Waals surface area contributed by atoms with E-state index in [0.29, 0.717) is 18.1 Å². The molecule has 3 fully saturated rings. The maximum Gasteiger partial charge on any atom is 0.317 e. The number of piperidine rings is 1. The van der Waals surface area contributed by atoms with Gasteiger partial charge in [0.05, 0.1) is 12.2 Å². The third kappa shape index (κ3) is 2.25. The largest absolute Gasteiger partial charge is 0.371 e. The highest BCUT2D eigenvalue weighted by Gasteiger charge is 2.40. The van der Waals surface area contributed by atoms with Crippen LogP contribution in [0.15, 0.2) is 0 Å². The molecule has 0 radical (unpaired) electrons. The van der Waals surface area contributed by atoms with Crippen molar-refractivity contribution in [3.63, 3.8) is 0 Å². The van der Waals surface area contributed by atoms with Gasteiger partial charge in [-0.3, -0.25) is 0 Å². The Morgan fingerprint density at radius 2 is 1.87 bits per heavy atom. The van der Waals surface area contributed by atoms with Crippen LogP contribution >= 0.6 is 0 Å². The molecular formula is C11H20N2O2. The highest BCUT2D eigenvalue weighted by atomic mass is 16.5. The average Bonchev–Trinajstić information content (AvgIpc) is 2.16. The summed E-state index contributed by atoms with van der Waals surface area (Å²) >= 11 is 0. The second-order valence-corrected chi connectivity index (χ2v) is 5.00. The number of urea groups is 1. The first-order valence-corrected chi connectivity index (χ1v) is 5.77. The molecule has 3 saturated heterocycles. The number of nitrogens with one attached hydrogen (secondary N) is 1. The number of carbonyl (C=O) groups is 1. The minimum Gasteiger partial charge on any atom is -0.371 e. The molecule has 0 aromatic heterocycles. The number of hydrogen-bond donors (Lipinski definition) is 1. The number of hydrogen-bond acceptors (Lipinski definition) is 2. The van der Waals surface area contributed by atoms with Crippen LogP contribution in [0.5, 0.6) is 0 Å². The Labute approximate surface area is 91.0 Å². The number of carbonyl (C=O) groups excluding carboxylic acids is 1. The van der Waals surface area contributed by atoms with Gasteiger partial charge in [-0.2, -0.15) is 0 Å². The maximum atomic E-state index is 11.8. The topological polar surface area (TPSA) is 41.6 Å². The van der Waals surface area contributed by atoms with Crippen LogP contribution in [0.25, 0.3) is 0 Å². The van der Waals surface area contributed by atoms with Crippen molar-refractivity contribution in [2.75, 3.05) is 13.1 Å². The fourth-order valence-corrected chi connectivity index (χ4v) is 1.97. The SMILES string of the molecule is CC(C)[C@@H](C)NC(=O)N1CC2CC(C1)O2. The summed E-state index contributed by atoms with van der Waals surface area (Å²) in [5, 5.41) is 3.02. The fraction of sp³-hybridized carbons (Fsp3) is 0.909. The summed E-state index contributed by atoms with van der Waals surface area (Å²) in [6, 6.07) is 0.297. The molecule has 2 amide bonds. The van der Waals surface area contributed by atoms with Gasteiger partial charge in [-0.25, -0.2) is 4.79 Å². The van der Waals surface area contributed by atoms with E-state index < -0.39 is 0 Å². The predicted molar refractivity (Wildman–Crippen MR) is 57.7 cm³/mol. The van der Waals surface area contributed by atoms with Crippen LogP contribution in [0.2, 0.25) is 0 Å². The lowest BCUT2D eigenvalue weighted by Gasteiger charge is -2.47. The highest BCUT2D eigenvalue weighted by molar-refractivity contribution is 5.74. The first kappa shape index (κ1) is 10.7. The van der Waals surface area contributed by atoms with Crippen LogP contribution in [0.1, 0.15) is 27.2 Å². The standard InChI is InChI=1S/C11H20N2O2/c1-7(2)8(3)12-11(14)13-5-9-4-10(6-13)15-9/h7-10H,4-6H2,1-3H3,(H,12,14)/t8-,9?,10?/m1/s1. The van der Waals surface area contributed by atoms with E-state index in [0.717, 1.165) is 19.5 Å². The summed E-state index contributed by atoms with van der Waals surface area (Å²) in [6.07, 6.45) is 1.72. The number of rotatable bonds is 2. The first-order valence-electron chi connectivity index (χ1n) is 5.77. The van der Waals surface area contributed by atoms with Crippen molar-refractivity contribution in [3.8, 4) is 0 Å². The molecule has 15 heavy (non-hydrogen) atoms. The number of nitrogens with zero attached hydrogens (tertiary/aromatic N) is 1. The highest BCUT2D eigenvalue weighted by Crippen LogP contribution is 2.27. The molecule has 3 rings (SSSR count). The van der Waals surface area contributed by atoms with Gasteiger partial charge in [-0.15, -0.1) is 0 Å². The van der Waals surface area contributed by atoms with Crippen LogP contribution < -0.4 is 5.32 Å². The molecule has 0 spiro atoms. The van der Waals surface area contributed by atoms with Crippen LogP contribution in [-0.2, 0) is 4.74 Å². The molecule has 86 valence electrons. The van der Waals surface area contributed by atoms with Crippen molar-refractivity contribution in [1.29, 1.82) is 0 Å². The van der Waals surface area contributed by atoms with E-state index in [1.807, 2.05) is 11.8 Å². The third-order valence-corrected chi connectivity index (χ3v) is 3.40. The Kier molecular flexibility index (Phi) is 2.87. The van der Waals surface area contributed by atoms with E-state index >= 15 is 0 Å². The number of ether oxygens (including phenoxy) is 1. The summed E-state index contributed by atoms with van der Waals surface area (Å²) in [4.78, 5) is 13.7. The minimum atomic E-state index is 0.0641. The quantitative estimate of drug-likeness (QED) is 0.747. The van der Waals surface area contributed by atoms with Gasteiger partial charge in [0.25, 0.3) is 0 Å². The van der Waals surface area contributed by atoms with E-state index in [1.54, 1.807) is 0 Å². The van der Waals surface area contributed by atoms with Crippen molar-refractivity contribution >= 4 is 6.03 Å². The summed E-state index contributed by atoms with van der Waals surface area (Å²) in [5.41, 5.74) is 0. The Morgan fingerprint density at radius 3 is 2.33 bits per heavy atom. The van der Waals surface area contributed by atoms with Gasteiger partial charge in [0.2, 0.25) is 0 Å². The fourth-order valence-electron chi connectivity index (χ4n) is 1.97. The van der Waals surface area contributed by atoms with Crippen molar-refractivity contribution < 1.29 is 9.53 Å². The van der Waals surface area contributed by atoms with Gasteiger partial charge >= 0.3 is 6.03 Å². The number of fused-ring (bicyclic) bond motifs is 2. The zero-order chi connectivity index (χ0) is 11.0. The second kappa shape index (κ2) is 4.00. The Hall–Kier alpha value is -0.770. The number of morpholine rings is 1. The van der Waals surface area contributed by atoms with Gasteiger partial charge in [0.15, 0.2) is 0 Å². The molecular weight excluding hydrogens is 192 g/mol. The molecule has 3 aliphatic heterocycles. The van der Waals surface area contributed by atoms with Crippen molar-refractivity contribution in [2.24, 2.45) is 5.92 Å². The van der Waals surface area contributed by atoms with E-state index in [1.165, 1.54) is 0 Å². The molecule has 1 N–H and O–H groups in total. The van der Waals surface area contributed by atoms with Crippen molar-refractivity contribution in [2.45, 2.75) is 45.4 Å². The van der Waals surface area contributed by atoms with Crippen LogP contribution in [0, 0.1) is 5.92 Å². The molecule has 0 saturated carbocycles. The molecule has 0 aliphatic carbocycles. The average molecular weight is 212 g/mol. The lowest BCUT2D eigenvalue weighted by atomic mass is 9.99. The van der Waals surface area contributed by atoms with Crippen LogP contribution in [0.4, 0.5) is 4.79 Å². The molecule has 0 aromatic rings. The molecule has 3 atom stereocenters. The normalized spacial score (nSPS) is 31.1. The predicted octanol–water partition coefficient (Wildman–Crippen LogP) is 1.21. The lowest BCUT2D eigenvalue weighted by molar-refractivity contribution is -0.170. The van der Waals surface area contributed by atoms with Gasteiger partial charge < -0.3 is 15.0 Å². The summed E-state index contributed by atoms with van der Waals surface area (Å²) in [6.45, 7) is 7.79. The van der Waals surface area contributed by atoms with Crippen molar-refractivity contribution in [3.05, 3.63) is 0 Å². The maximum absolute atomic E-state index is 11.8. The smallest absolute Gasteiger partial charge is 0.317 e. The minimum absolute atomic E-state index is 0.0641. The molecule has 2 unspecified atom stereocenters. The van der Waals surface area contributed by atoms with Crippen molar-refractivity contribution in [1.82, 2.24) is 10.2 Å². The Bertz CT molecular complexity index is 239. The van der Waals surface area contributed by atoms with Gasteiger partial charge in [0, 0.05) is 25.6 Å². The molecule has 4 nitrogen and oxygen atoms in total.